The van der Waals surface area contributed by atoms with Crippen LogP contribution in [0, 0.1) is 17.5 Å². The Balaban J connectivity index is 2.36. The van der Waals surface area contributed by atoms with E-state index in [-0.39, 0.29) is 17.5 Å². The molecule has 0 heterocycles. The Morgan fingerprint density at radius 3 is 2.48 bits per heavy atom. The molecule has 0 aliphatic carbocycles. The molecule has 0 fully saturated rings. The van der Waals surface area contributed by atoms with Gasteiger partial charge in [-0.3, -0.25) is 0 Å². The predicted octanol–water partition coefficient (Wildman–Crippen LogP) is 4.57. The molecular weight excluding hydrogens is 279 g/mol. The molecule has 0 bridgehead atoms. The predicted molar refractivity (Wildman–Crippen MR) is 74.9 cm³/mol. The van der Waals surface area contributed by atoms with Crippen molar-refractivity contribution < 1.29 is 17.9 Å². The van der Waals surface area contributed by atoms with Gasteiger partial charge in [-0.05, 0) is 31.7 Å². The molecule has 5 heteroatoms. The molecule has 2 aromatic carbocycles. The number of hydrogen-bond acceptors (Lipinski definition) is 2. The Kier molecular flexibility index (Phi) is 4.85. The van der Waals surface area contributed by atoms with E-state index in [4.69, 9.17) is 4.74 Å². The first-order chi connectivity index (χ1) is 10.0. The lowest BCUT2D eigenvalue weighted by molar-refractivity contribution is 0.419. The topological polar surface area (TPSA) is 21.3 Å². The van der Waals surface area contributed by atoms with Crippen LogP contribution in [0.2, 0.25) is 0 Å². The van der Waals surface area contributed by atoms with E-state index in [0.29, 0.717) is 12.1 Å². The average molecular weight is 295 g/mol. The fourth-order valence-electron chi connectivity index (χ4n) is 2.05. The van der Waals surface area contributed by atoms with Crippen molar-refractivity contribution in [1.29, 1.82) is 0 Å². The van der Waals surface area contributed by atoms with Crippen LogP contribution in [-0.2, 0) is 0 Å². The van der Waals surface area contributed by atoms with Gasteiger partial charge in [0.1, 0.15) is 5.75 Å². The molecule has 2 aromatic rings. The molecule has 0 spiro atoms. The lowest BCUT2D eigenvalue weighted by atomic mass is 10.1. The molecule has 2 rings (SSSR count). The Hall–Kier alpha value is -2.01. The van der Waals surface area contributed by atoms with Crippen molar-refractivity contribution in [3.63, 3.8) is 0 Å². The molecule has 2 nitrogen and oxygen atoms in total. The summed E-state index contributed by atoms with van der Waals surface area (Å²) < 4.78 is 45.5. The normalized spacial score (nSPS) is 12.2. The second-order valence-electron chi connectivity index (χ2n) is 4.62. The van der Waals surface area contributed by atoms with Gasteiger partial charge in [0.25, 0.3) is 0 Å². The SMILES string of the molecule is CCNC(C)c1cccc(F)c1Oc1ccc(F)c(F)c1. The van der Waals surface area contributed by atoms with E-state index in [1.54, 1.807) is 12.1 Å². The van der Waals surface area contributed by atoms with Gasteiger partial charge in [-0.1, -0.05) is 19.1 Å². The summed E-state index contributed by atoms with van der Waals surface area (Å²) in [5.74, 6) is -2.51. The molecule has 1 N–H and O–H groups in total. The minimum absolute atomic E-state index is 0.0111. The zero-order valence-corrected chi connectivity index (χ0v) is 11.8. The summed E-state index contributed by atoms with van der Waals surface area (Å²) in [5, 5.41) is 3.15. The van der Waals surface area contributed by atoms with Gasteiger partial charge in [0.15, 0.2) is 23.2 Å². The van der Waals surface area contributed by atoms with Crippen LogP contribution in [0.25, 0.3) is 0 Å². The third kappa shape index (κ3) is 3.55. The Labute approximate surface area is 121 Å². The van der Waals surface area contributed by atoms with E-state index in [9.17, 15) is 13.2 Å². The molecule has 0 radical (unpaired) electrons. The lowest BCUT2D eigenvalue weighted by Crippen LogP contribution is -2.18. The van der Waals surface area contributed by atoms with E-state index in [1.165, 1.54) is 12.1 Å². The van der Waals surface area contributed by atoms with Crippen LogP contribution >= 0.6 is 0 Å². The molecule has 0 aliphatic heterocycles. The average Bonchev–Trinajstić information content (AvgIpc) is 2.45. The Morgan fingerprint density at radius 2 is 1.81 bits per heavy atom. The van der Waals surface area contributed by atoms with Gasteiger partial charge in [-0.15, -0.1) is 0 Å². The van der Waals surface area contributed by atoms with Crippen molar-refractivity contribution in [2.45, 2.75) is 19.9 Å². The van der Waals surface area contributed by atoms with E-state index in [1.807, 2.05) is 13.8 Å². The van der Waals surface area contributed by atoms with Gasteiger partial charge >= 0.3 is 0 Å². The fourth-order valence-corrected chi connectivity index (χ4v) is 2.05. The summed E-state index contributed by atoms with van der Waals surface area (Å²) >= 11 is 0. The van der Waals surface area contributed by atoms with E-state index in [2.05, 4.69) is 5.32 Å². The van der Waals surface area contributed by atoms with Gasteiger partial charge < -0.3 is 10.1 Å². The van der Waals surface area contributed by atoms with E-state index in [0.717, 1.165) is 12.1 Å². The van der Waals surface area contributed by atoms with Crippen LogP contribution in [0.1, 0.15) is 25.5 Å². The van der Waals surface area contributed by atoms with Crippen molar-refractivity contribution in [1.82, 2.24) is 5.32 Å². The zero-order chi connectivity index (χ0) is 15.4. The second-order valence-corrected chi connectivity index (χ2v) is 4.62. The monoisotopic (exact) mass is 295 g/mol. The maximum absolute atomic E-state index is 14.0. The number of halogens is 3. The minimum atomic E-state index is -1.04. The van der Waals surface area contributed by atoms with Crippen molar-refractivity contribution >= 4 is 0 Å². The Bertz CT molecular complexity index is 631. The van der Waals surface area contributed by atoms with Crippen LogP contribution in [-0.4, -0.2) is 6.54 Å². The largest absolute Gasteiger partial charge is 0.454 e. The highest BCUT2D eigenvalue weighted by Gasteiger charge is 2.16. The van der Waals surface area contributed by atoms with Crippen LogP contribution < -0.4 is 10.1 Å². The van der Waals surface area contributed by atoms with Crippen molar-refractivity contribution in [2.75, 3.05) is 6.54 Å². The molecule has 0 aromatic heterocycles. The van der Waals surface area contributed by atoms with Gasteiger partial charge in [-0.25, -0.2) is 13.2 Å². The third-order valence-electron chi connectivity index (χ3n) is 3.09. The lowest BCUT2D eigenvalue weighted by Gasteiger charge is -2.18. The Morgan fingerprint density at radius 1 is 1.05 bits per heavy atom. The first-order valence-corrected chi connectivity index (χ1v) is 6.67. The highest BCUT2D eigenvalue weighted by Crippen LogP contribution is 2.32. The van der Waals surface area contributed by atoms with Crippen molar-refractivity contribution in [2.24, 2.45) is 0 Å². The number of hydrogen-bond donors (Lipinski definition) is 1. The quantitative estimate of drug-likeness (QED) is 0.872. The minimum Gasteiger partial charge on any atom is -0.454 e. The number of ether oxygens (including phenoxy) is 1. The van der Waals surface area contributed by atoms with Crippen LogP contribution in [0.3, 0.4) is 0 Å². The van der Waals surface area contributed by atoms with E-state index >= 15 is 0 Å². The molecule has 1 unspecified atom stereocenters. The smallest absolute Gasteiger partial charge is 0.167 e. The maximum Gasteiger partial charge on any atom is 0.167 e. The molecular formula is C16H16F3NO. The standard InChI is InChI=1S/C16H16F3NO/c1-3-20-10(2)12-5-4-6-14(18)16(12)21-11-7-8-13(17)15(19)9-11/h4-10,20H,3H2,1-2H3. The van der Waals surface area contributed by atoms with Crippen molar-refractivity contribution in [3.05, 3.63) is 59.4 Å². The summed E-state index contributed by atoms with van der Waals surface area (Å²) in [6.45, 7) is 4.52. The fraction of sp³-hybridized carbons (Fsp3) is 0.250. The number of para-hydroxylation sites is 1. The van der Waals surface area contributed by atoms with Crippen LogP contribution in [0.15, 0.2) is 36.4 Å². The number of rotatable bonds is 5. The summed E-state index contributed by atoms with van der Waals surface area (Å²) in [5.41, 5.74) is 0.613. The molecule has 0 aliphatic rings. The molecule has 0 saturated carbocycles. The zero-order valence-electron chi connectivity index (χ0n) is 11.8. The second kappa shape index (κ2) is 6.63. The molecule has 112 valence electrons. The molecule has 21 heavy (non-hydrogen) atoms. The van der Waals surface area contributed by atoms with Crippen LogP contribution in [0.5, 0.6) is 11.5 Å². The summed E-state index contributed by atoms with van der Waals surface area (Å²) in [7, 11) is 0. The molecule has 0 amide bonds. The third-order valence-corrected chi connectivity index (χ3v) is 3.09. The van der Waals surface area contributed by atoms with Gasteiger partial charge in [0.2, 0.25) is 0 Å². The molecule has 0 saturated heterocycles. The summed E-state index contributed by atoms with van der Waals surface area (Å²) in [6.07, 6.45) is 0. The molecule has 1 atom stereocenters. The number of benzene rings is 2. The van der Waals surface area contributed by atoms with Gasteiger partial charge in [0.05, 0.1) is 0 Å². The van der Waals surface area contributed by atoms with Crippen molar-refractivity contribution in [3.8, 4) is 11.5 Å². The van der Waals surface area contributed by atoms with Crippen LogP contribution in [0.4, 0.5) is 13.2 Å². The summed E-state index contributed by atoms with van der Waals surface area (Å²) in [6, 6.07) is 7.53. The number of nitrogens with one attached hydrogen (secondary N) is 1. The summed E-state index contributed by atoms with van der Waals surface area (Å²) in [4.78, 5) is 0. The first-order valence-electron chi connectivity index (χ1n) is 6.67. The maximum atomic E-state index is 14.0. The highest BCUT2D eigenvalue weighted by atomic mass is 19.2. The first kappa shape index (κ1) is 15.4. The van der Waals surface area contributed by atoms with Gasteiger partial charge in [0, 0.05) is 17.7 Å². The highest BCUT2D eigenvalue weighted by molar-refractivity contribution is 5.41. The van der Waals surface area contributed by atoms with Gasteiger partial charge in [-0.2, -0.15) is 0 Å². The van der Waals surface area contributed by atoms with E-state index < -0.39 is 17.5 Å².